The summed E-state index contributed by atoms with van der Waals surface area (Å²) in [5.41, 5.74) is 6.17. The van der Waals surface area contributed by atoms with Gasteiger partial charge in [-0.1, -0.05) is 88.7 Å². The zero-order valence-electron chi connectivity index (χ0n) is 21.4. The van der Waals surface area contributed by atoms with Crippen LogP contribution in [0.1, 0.15) is 105 Å². The highest BCUT2D eigenvalue weighted by Crippen LogP contribution is 2.19. The average molecular weight is 463 g/mol. The summed E-state index contributed by atoms with van der Waals surface area (Å²) in [4.78, 5) is 8.68. The second-order valence-electron chi connectivity index (χ2n) is 9.19. The minimum atomic E-state index is 0.794. The Kier molecular flexibility index (Phi) is 11.6. The zero-order chi connectivity index (χ0) is 24.6. The molecule has 0 aliphatic rings. The van der Waals surface area contributed by atoms with E-state index in [-0.39, 0.29) is 0 Å². The van der Waals surface area contributed by atoms with Crippen molar-refractivity contribution in [3.63, 3.8) is 0 Å². The van der Waals surface area contributed by atoms with Crippen LogP contribution in [-0.4, -0.2) is 9.97 Å². The van der Waals surface area contributed by atoms with Crippen molar-refractivity contribution in [1.82, 2.24) is 9.97 Å². The molecule has 0 aliphatic carbocycles. The summed E-state index contributed by atoms with van der Waals surface area (Å²) >= 11 is 0. The first-order valence-electron chi connectivity index (χ1n) is 13.3. The maximum Gasteiger partial charge on any atom is 0.113 e. The smallest absolute Gasteiger partial charge is 0.113 e. The summed E-state index contributed by atoms with van der Waals surface area (Å²) in [6, 6.07) is 16.1. The van der Waals surface area contributed by atoms with Gasteiger partial charge in [-0.25, -0.2) is 9.97 Å². The van der Waals surface area contributed by atoms with Gasteiger partial charge < -0.3 is 0 Å². The number of pyridine rings is 2. The zero-order valence-corrected chi connectivity index (χ0v) is 21.4. The van der Waals surface area contributed by atoms with E-state index in [2.05, 4.69) is 59.6 Å². The molecule has 2 heteroatoms. The predicted octanol–water partition coefficient (Wildman–Crippen LogP) is 8.05. The van der Waals surface area contributed by atoms with Gasteiger partial charge in [-0.05, 0) is 79.1 Å². The highest BCUT2D eigenvalue weighted by Gasteiger charge is 2.06. The van der Waals surface area contributed by atoms with Crippen LogP contribution in [0.5, 0.6) is 0 Å². The quantitative estimate of drug-likeness (QED) is 0.213. The van der Waals surface area contributed by atoms with Crippen LogP contribution in [0.25, 0.3) is 0 Å². The van der Waals surface area contributed by atoms with Gasteiger partial charge in [-0.15, -0.1) is 0 Å². The Balaban J connectivity index is 1.65. The second kappa shape index (κ2) is 15.5. The van der Waals surface area contributed by atoms with Crippen molar-refractivity contribution >= 4 is 0 Å². The Morgan fingerprint density at radius 1 is 0.600 bits per heavy atom. The van der Waals surface area contributed by atoms with E-state index in [0.29, 0.717) is 0 Å². The first-order valence-corrected chi connectivity index (χ1v) is 13.3. The second-order valence-corrected chi connectivity index (χ2v) is 9.19. The SMILES string of the molecule is CCCCCCCCCCCCc1cc(C#Cc2ccccn2)c(C)cc1C#Cc1ccccn1. The molecular formula is C33H38N2. The molecule has 180 valence electrons. The number of hydrogen-bond donors (Lipinski definition) is 0. The molecule has 0 aliphatic heterocycles. The van der Waals surface area contributed by atoms with E-state index in [9.17, 15) is 0 Å². The molecule has 0 unspecified atom stereocenters. The average Bonchev–Trinajstić information content (AvgIpc) is 2.89. The molecule has 1 aromatic carbocycles. The Morgan fingerprint density at radius 3 is 1.69 bits per heavy atom. The van der Waals surface area contributed by atoms with Gasteiger partial charge in [-0.2, -0.15) is 0 Å². The van der Waals surface area contributed by atoms with Gasteiger partial charge in [0, 0.05) is 23.5 Å². The summed E-state index contributed by atoms with van der Waals surface area (Å²) in [6.07, 6.45) is 18.0. The van der Waals surface area contributed by atoms with Crippen LogP contribution in [0.4, 0.5) is 0 Å². The maximum absolute atomic E-state index is 4.35. The molecule has 3 rings (SSSR count). The molecule has 2 heterocycles. The van der Waals surface area contributed by atoms with Crippen molar-refractivity contribution in [3.05, 3.63) is 94.6 Å². The number of benzene rings is 1. The van der Waals surface area contributed by atoms with Crippen LogP contribution in [0.3, 0.4) is 0 Å². The van der Waals surface area contributed by atoms with Crippen LogP contribution >= 0.6 is 0 Å². The Bertz CT molecular complexity index is 1140. The van der Waals surface area contributed by atoms with Gasteiger partial charge in [0.2, 0.25) is 0 Å². The maximum atomic E-state index is 4.35. The molecule has 0 fully saturated rings. The molecule has 0 radical (unpaired) electrons. The fraction of sp³-hybridized carbons (Fsp3) is 0.394. The van der Waals surface area contributed by atoms with Crippen LogP contribution in [0.2, 0.25) is 0 Å². The monoisotopic (exact) mass is 462 g/mol. The Labute approximate surface area is 212 Å². The van der Waals surface area contributed by atoms with Crippen LogP contribution in [-0.2, 0) is 6.42 Å². The molecule has 0 atom stereocenters. The summed E-state index contributed by atoms with van der Waals surface area (Å²) in [6.45, 7) is 4.39. The largest absolute Gasteiger partial charge is 0.248 e. The molecule has 0 N–H and O–H groups in total. The molecule has 0 saturated carbocycles. The van der Waals surface area contributed by atoms with Gasteiger partial charge in [0.05, 0.1) is 0 Å². The fourth-order valence-corrected chi connectivity index (χ4v) is 4.15. The minimum Gasteiger partial charge on any atom is -0.248 e. The molecule has 0 amide bonds. The van der Waals surface area contributed by atoms with Crippen molar-refractivity contribution in [2.45, 2.75) is 84.5 Å². The van der Waals surface area contributed by atoms with Crippen molar-refractivity contribution in [1.29, 1.82) is 0 Å². The first kappa shape index (κ1) is 26.2. The van der Waals surface area contributed by atoms with Crippen molar-refractivity contribution < 1.29 is 0 Å². The molecular weight excluding hydrogens is 424 g/mol. The van der Waals surface area contributed by atoms with Crippen molar-refractivity contribution in [2.24, 2.45) is 0 Å². The molecule has 2 nitrogen and oxygen atoms in total. The number of aryl methyl sites for hydroxylation is 2. The normalized spacial score (nSPS) is 10.2. The number of rotatable bonds is 11. The third-order valence-corrected chi connectivity index (χ3v) is 6.23. The Hall–Kier alpha value is -3.36. The van der Waals surface area contributed by atoms with Crippen molar-refractivity contribution in [2.75, 3.05) is 0 Å². The van der Waals surface area contributed by atoms with Crippen LogP contribution in [0, 0.1) is 30.6 Å². The van der Waals surface area contributed by atoms with E-state index in [1.807, 2.05) is 36.4 Å². The summed E-state index contributed by atoms with van der Waals surface area (Å²) in [7, 11) is 0. The van der Waals surface area contributed by atoms with E-state index in [4.69, 9.17) is 0 Å². The fourth-order valence-electron chi connectivity index (χ4n) is 4.15. The van der Waals surface area contributed by atoms with E-state index >= 15 is 0 Å². The first-order chi connectivity index (χ1) is 17.3. The number of hydrogen-bond acceptors (Lipinski definition) is 2. The Morgan fingerprint density at radius 2 is 1.14 bits per heavy atom. The van der Waals surface area contributed by atoms with E-state index in [1.165, 1.54) is 69.8 Å². The molecule has 35 heavy (non-hydrogen) atoms. The standard InChI is InChI=1S/C33H38N2/c1-3-4-5-6-7-8-9-10-11-12-17-30-27-29(20-22-32-18-13-15-24-34-32)28(2)26-31(30)21-23-33-19-14-16-25-35-33/h13-16,18-19,24-27H,3-12,17H2,1-2H3. The van der Waals surface area contributed by atoms with Gasteiger partial charge >= 0.3 is 0 Å². The molecule has 0 bridgehead atoms. The highest BCUT2D eigenvalue weighted by molar-refractivity contribution is 5.54. The number of unbranched alkanes of at least 4 members (excludes halogenated alkanes) is 9. The lowest BCUT2D eigenvalue weighted by atomic mass is 9.95. The van der Waals surface area contributed by atoms with Crippen LogP contribution < -0.4 is 0 Å². The topological polar surface area (TPSA) is 25.8 Å². The molecule has 0 saturated heterocycles. The van der Waals surface area contributed by atoms with Gasteiger partial charge in [0.1, 0.15) is 11.4 Å². The van der Waals surface area contributed by atoms with Gasteiger partial charge in [0.15, 0.2) is 0 Å². The third kappa shape index (κ3) is 9.80. The van der Waals surface area contributed by atoms with Gasteiger partial charge in [0.25, 0.3) is 0 Å². The van der Waals surface area contributed by atoms with Crippen molar-refractivity contribution in [3.8, 4) is 23.7 Å². The highest BCUT2D eigenvalue weighted by atomic mass is 14.6. The lowest BCUT2D eigenvalue weighted by Gasteiger charge is -2.09. The molecule has 0 spiro atoms. The summed E-state index contributed by atoms with van der Waals surface area (Å²) in [5, 5.41) is 0. The van der Waals surface area contributed by atoms with E-state index < -0.39 is 0 Å². The van der Waals surface area contributed by atoms with Crippen LogP contribution in [0.15, 0.2) is 60.9 Å². The summed E-state index contributed by atoms with van der Waals surface area (Å²) in [5.74, 6) is 13.2. The summed E-state index contributed by atoms with van der Waals surface area (Å²) < 4.78 is 0. The number of nitrogens with zero attached hydrogens (tertiary/aromatic N) is 2. The minimum absolute atomic E-state index is 0.794. The lowest BCUT2D eigenvalue weighted by molar-refractivity contribution is 0.556. The lowest BCUT2D eigenvalue weighted by Crippen LogP contribution is -1.96. The van der Waals surface area contributed by atoms with E-state index in [1.54, 1.807) is 12.4 Å². The van der Waals surface area contributed by atoms with Gasteiger partial charge in [-0.3, -0.25) is 0 Å². The molecule has 2 aromatic heterocycles. The number of aromatic nitrogens is 2. The van der Waals surface area contributed by atoms with E-state index in [0.717, 1.165) is 34.5 Å². The molecule has 3 aromatic rings. The third-order valence-electron chi connectivity index (χ3n) is 6.23. The predicted molar refractivity (Wildman–Crippen MR) is 147 cm³/mol.